The summed E-state index contributed by atoms with van der Waals surface area (Å²) in [6.07, 6.45) is 3.65. The van der Waals surface area contributed by atoms with Crippen LogP contribution in [0.5, 0.6) is 5.88 Å². The molecule has 1 aliphatic carbocycles. The molecule has 0 spiro atoms. The lowest BCUT2D eigenvalue weighted by atomic mass is 10.2. The van der Waals surface area contributed by atoms with Crippen LogP contribution in [-0.2, 0) is 0 Å². The molecular weight excluding hydrogens is 316 g/mol. The maximum atomic E-state index is 13.9. The first-order chi connectivity index (χ1) is 11.6. The number of amides is 1. The van der Waals surface area contributed by atoms with Crippen LogP contribution in [-0.4, -0.2) is 40.5 Å². The van der Waals surface area contributed by atoms with Crippen molar-refractivity contribution in [2.24, 2.45) is 5.92 Å². The van der Waals surface area contributed by atoms with Crippen LogP contribution in [0.25, 0.3) is 11.4 Å². The summed E-state index contributed by atoms with van der Waals surface area (Å²) in [5, 5.41) is 0. The van der Waals surface area contributed by atoms with Crippen molar-refractivity contribution >= 4 is 5.91 Å². The summed E-state index contributed by atoms with van der Waals surface area (Å²) in [6, 6.07) is 3.18. The molecule has 0 unspecified atom stereocenters. The first-order valence-corrected chi connectivity index (χ1v) is 7.86. The summed E-state index contributed by atoms with van der Waals surface area (Å²) in [4.78, 5) is 22.6. The van der Waals surface area contributed by atoms with Gasteiger partial charge < -0.3 is 9.64 Å². The van der Waals surface area contributed by atoms with Crippen LogP contribution in [0.4, 0.5) is 8.78 Å². The molecule has 2 aliphatic rings. The Morgan fingerprint density at radius 1 is 1.25 bits per heavy atom. The lowest BCUT2D eigenvalue weighted by molar-refractivity contribution is 0.0747. The smallest absolute Gasteiger partial charge is 0.261 e. The second-order valence-corrected chi connectivity index (χ2v) is 6.08. The zero-order valence-electron chi connectivity index (χ0n) is 12.8. The van der Waals surface area contributed by atoms with Crippen molar-refractivity contribution in [2.45, 2.75) is 12.8 Å². The third-order valence-electron chi connectivity index (χ3n) is 4.22. The molecule has 0 bridgehead atoms. The molecule has 0 N–H and O–H groups in total. The lowest BCUT2D eigenvalue weighted by Gasteiger charge is -2.19. The zero-order chi connectivity index (χ0) is 16.7. The molecule has 1 fully saturated rings. The minimum Gasteiger partial charge on any atom is -0.475 e. The summed E-state index contributed by atoms with van der Waals surface area (Å²) in [6.45, 7) is 1.54. The highest BCUT2D eigenvalue weighted by atomic mass is 19.1. The third kappa shape index (κ3) is 2.81. The van der Waals surface area contributed by atoms with Crippen molar-refractivity contribution in [3.8, 4) is 17.3 Å². The number of ether oxygens (including phenoxy) is 1. The van der Waals surface area contributed by atoms with E-state index in [2.05, 4.69) is 9.97 Å². The van der Waals surface area contributed by atoms with Crippen molar-refractivity contribution in [3.63, 3.8) is 0 Å². The highest BCUT2D eigenvalue weighted by Gasteiger charge is 2.31. The van der Waals surface area contributed by atoms with E-state index in [0.717, 1.165) is 31.5 Å². The molecule has 2 aromatic rings. The largest absolute Gasteiger partial charge is 0.475 e. The third-order valence-corrected chi connectivity index (χ3v) is 4.22. The maximum Gasteiger partial charge on any atom is 0.261 e. The molecule has 0 atom stereocenters. The average Bonchev–Trinajstić information content (AvgIpc) is 3.38. The fourth-order valence-electron chi connectivity index (χ4n) is 2.73. The number of carbonyl (C=O) groups is 1. The minimum atomic E-state index is -0.759. The monoisotopic (exact) mass is 331 g/mol. The minimum absolute atomic E-state index is 0.0642. The summed E-state index contributed by atoms with van der Waals surface area (Å²) in [5.74, 6) is -0.815. The Morgan fingerprint density at radius 2 is 2.08 bits per heavy atom. The van der Waals surface area contributed by atoms with E-state index in [1.165, 1.54) is 12.3 Å². The molecule has 0 saturated heterocycles. The standard InChI is InChI=1S/C17H15F2N3O2/c18-11-3-4-12(14(19)7-11)15-20-8-13-16(21-15)24-6-5-22(17(13)23)9-10-1-2-10/h3-4,7-8,10H,1-2,5-6,9H2. The van der Waals surface area contributed by atoms with Gasteiger partial charge in [-0.2, -0.15) is 4.98 Å². The van der Waals surface area contributed by atoms with Gasteiger partial charge in [-0.25, -0.2) is 13.8 Å². The first-order valence-electron chi connectivity index (χ1n) is 7.86. The van der Waals surface area contributed by atoms with Crippen molar-refractivity contribution < 1.29 is 18.3 Å². The van der Waals surface area contributed by atoms with Crippen molar-refractivity contribution in [3.05, 3.63) is 41.6 Å². The number of aromatic nitrogens is 2. The molecule has 1 amide bonds. The number of benzene rings is 1. The number of fused-ring (bicyclic) bond motifs is 1. The fraction of sp³-hybridized carbons (Fsp3) is 0.353. The van der Waals surface area contributed by atoms with E-state index >= 15 is 0 Å². The molecule has 2 heterocycles. The summed E-state index contributed by atoms with van der Waals surface area (Å²) >= 11 is 0. The Balaban J connectivity index is 1.67. The number of hydrogen-bond donors (Lipinski definition) is 0. The molecule has 1 aromatic heterocycles. The van der Waals surface area contributed by atoms with Gasteiger partial charge in [-0.15, -0.1) is 0 Å². The van der Waals surface area contributed by atoms with E-state index in [9.17, 15) is 13.6 Å². The molecular formula is C17H15F2N3O2. The highest BCUT2D eigenvalue weighted by molar-refractivity contribution is 5.96. The van der Waals surface area contributed by atoms with Gasteiger partial charge in [0.05, 0.1) is 12.1 Å². The molecule has 1 aliphatic heterocycles. The van der Waals surface area contributed by atoms with Gasteiger partial charge in [-0.3, -0.25) is 4.79 Å². The van der Waals surface area contributed by atoms with E-state index in [1.807, 2.05) is 0 Å². The van der Waals surface area contributed by atoms with Crippen LogP contribution >= 0.6 is 0 Å². The Kier molecular flexibility index (Phi) is 3.63. The average molecular weight is 331 g/mol. The zero-order valence-corrected chi connectivity index (χ0v) is 12.8. The Hall–Kier alpha value is -2.57. The van der Waals surface area contributed by atoms with E-state index < -0.39 is 11.6 Å². The Bertz CT molecular complexity index is 808. The van der Waals surface area contributed by atoms with Crippen LogP contribution in [0.2, 0.25) is 0 Å². The lowest BCUT2D eigenvalue weighted by Crippen LogP contribution is -2.34. The van der Waals surface area contributed by atoms with Gasteiger partial charge >= 0.3 is 0 Å². The second-order valence-electron chi connectivity index (χ2n) is 6.08. The van der Waals surface area contributed by atoms with Crippen molar-refractivity contribution in [1.82, 2.24) is 14.9 Å². The summed E-state index contributed by atoms with van der Waals surface area (Å²) in [7, 11) is 0. The van der Waals surface area contributed by atoms with Gasteiger partial charge in [-0.1, -0.05) is 0 Å². The normalized spacial score (nSPS) is 17.2. The van der Waals surface area contributed by atoms with Crippen LogP contribution in [0.15, 0.2) is 24.4 Å². The predicted octanol–water partition coefficient (Wildman–Crippen LogP) is 2.67. The fourth-order valence-corrected chi connectivity index (χ4v) is 2.73. The number of rotatable bonds is 3. The molecule has 0 radical (unpaired) electrons. The molecule has 24 heavy (non-hydrogen) atoms. The van der Waals surface area contributed by atoms with Crippen molar-refractivity contribution in [2.75, 3.05) is 19.7 Å². The van der Waals surface area contributed by atoms with Gasteiger partial charge in [-0.05, 0) is 30.9 Å². The quantitative estimate of drug-likeness (QED) is 0.868. The topological polar surface area (TPSA) is 55.3 Å². The van der Waals surface area contributed by atoms with Crippen LogP contribution in [0, 0.1) is 17.6 Å². The molecule has 7 heteroatoms. The molecule has 1 aromatic carbocycles. The van der Waals surface area contributed by atoms with Crippen molar-refractivity contribution in [1.29, 1.82) is 0 Å². The van der Waals surface area contributed by atoms with Crippen LogP contribution < -0.4 is 4.74 Å². The highest BCUT2D eigenvalue weighted by Crippen LogP contribution is 2.32. The van der Waals surface area contributed by atoms with Gasteiger partial charge in [0, 0.05) is 18.8 Å². The predicted molar refractivity (Wildman–Crippen MR) is 81.5 cm³/mol. The van der Waals surface area contributed by atoms with Gasteiger partial charge in [0.25, 0.3) is 5.91 Å². The second kappa shape index (κ2) is 5.81. The first kappa shape index (κ1) is 15.0. The number of hydrogen-bond acceptors (Lipinski definition) is 4. The van der Waals surface area contributed by atoms with Gasteiger partial charge in [0.15, 0.2) is 5.82 Å². The van der Waals surface area contributed by atoms with Crippen LogP contribution in [0.1, 0.15) is 23.2 Å². The SMILES string of the molecule is O=C1c2cnc(-c3ccc(F)cc3F)nc2OCCN1CC1CC1. The van der Waals surface area contributed by atoms with E-state index in [4.69, 9.17) is 4.74 Å². The van der Waals surface area contributed by atoms with Gasteiger partial charge in [0.2, 0.25) is 5.88 Å². The molecule has 124 valence electrons. The van der Waals surface area contributed by atoms with Gasteiger partial charge in [0.1, 0.15) is 23.8 Å². The molecule has 4 rings (SSSR count). The van der Waals surface area contributed by atoms with E-state index in [1.54, 1.807) is 4.90 Å². The Labute approximate surface area is 137 Å². The summed E-state index contributed by atoms with van der Waals surface area (Å²) < 4.78 is 32.5. The van der Waals surface area contributed by atoms with E-state index in [0.29, 0.717) is 19.1 Å². The number of carbonyl (C=O) groups excluding carboxylic acids is 1. The number of nitrogens with zero attached hydrogens (tertiary/aromatic N) is 3. The van der Waals surface area contributed by atoms with Crippen LogP contribution in [0.3, 0.4) is 0 Å². The molecule has 5 nitrogen and oxygen atoms in total. The molecule has 1 saturated carbocycles. The Morgan fingerprint density at radius 3 is 2.83 bits per heavy atom. The number of halogens is 2. The maximum absolute atomic E-state index is 13.9. The van der Waals surface area contributed by atoms with E-state index in [-0.39, 0.29) is 28.7 Å². The summed E-state index contributed by atoms with van der Waals surface area (Å²) in [5.41, 5.74) is 0.341.